The van der Waals surface area contributed by atoms with Crippen LogP contribution in [0.15, 0.2) is 0 Å². The first-order chi connectivity index (χ1) is 7.84. The van der Waals surface area contributed by atoms with Crippen molar-refractivity contribution < 1.29 is 9.59 Å². The van der Waals surface area contributed by atoms with Crippen molar-refractivity contribution in [1.82, 2.24) is 5.32 Å². The molecule has 100 valence electrons. The maximum atomic E-state index is 11.6. The number of carbonyl (C=O) groups excluding carboxylic acids is 2. The number of nitrogens with two attached hydrogens (primary N) is 1. The Morgan fingerprint density at radius 2 is 1.88 bits per heavy atom. The van der Waals surface area contributed by atoms with Crippen LogP contribution in [-0.4, -0.2) is 24.0 Å². The summed E-state index contributed by atoms with van der Waals surface area (Å²) < 4.78 is 0. The van der Waals surface area contributed by atoms with E-state index in [0.717, 1.165) is 12.8 Å². The zero-order valence-electron chi connectivity index (χ0n) is 11.0. The first-order valence-corrected chi connectivity index (χ1v) is 6.83. The molecule has 0 spiro atoms. The van der Waals surface area contributed by atoms with Crippen LogP contribution in [0.2, 0.25) is 0 Å². The smallest absolute Gasteiger partial charge is 0.224 e. The minimum absolute atomic E-state index is 0.0536. The monoisotopic (exact) mass is 260 g/mol. The van der Waals surface area contributed by atoms with Gasteiger partial charge in [0.1, 0.15) is 0 Å². The molecular formula is C12H25N2O2P. The average molecular weight is 260 g/mol. The molecule has 0 aromatic rings. The van der Waals surface area contributed by atoms with E-state index in [1.54, 1.807) is 0 Å². The Balaban J connectivity index is 3.68. The maximum absolute atomic E-state index is 11.6. The van der Waals surface area contributed by atoms with E-state index in [-0.39, 0.29) is 23.4 Å². The SMILES string of the molecule is CC(C)CC(C)C(=O)NCCCC(P)C(N)=O. The third kappa shape index (κ3) is 8.14. The minimum atomic E-state index is -0.311. The average Bonchev–Trinajstić information content (AvgIpc) is 2.22. The predicted molar refractivity (Wildman–Crippen MR) is 73.6 cm³/mol. The standard InChI is InChI=1S/C12H25N2O2P/c1-8(2)7-9(3)12(16)14-6-4-5-10(17)11(13)15/h8-10H,4-7,17H2,1-3H3,(H2,13,15)(H,14,16). The summed E-state index contributed by atoms with van der Waals surface area (Å²) in [7, 11) is 2.42. The summed E-state index contributed by atoms with van der Waals surface area (Å²) >= 11 is 0. The lowest BCUT2D eigenvalue weighted by Crippen LogP contribution is -2.31. The molecule has 0 heterocycles. The zero-order valence-corrected chi connectivity index (χ0v) is 12.2. The second kappa shape index (κ2) is 8.46. The van der Waals surface area contributed by atoms with E-state index in [2.05, 4.69) is 28.4 Å². The number of hydrogen-bond acceptors (Lipinski definition) is 2. The molecule has 3 unspecified atom stereocenters. The molecule has 2 amide bonds. The van der Waals surface area contributed by atoms with Crippen molar-refractivity contribution in [3.63, 3.8) is 0 Å². The molecule has 3 atom stereocenters. The van der Waals surface area contributed by atoms with Crippen LogP contribution in [0.4, 0.5) is 0 Å². The first kappa shape index (κ1) is 16.4. The highest BCUT2D eigenvalue weighted by Crippen LogP contribution is 2.11. The molecule has 0 aliphatic heterocycles. The van der Waals surface area contributed by atoms with Crippen LogP contribution in [0.3, 0.4) is 0 Å². The minimum Gasteiger partial charge on any atom is -0.369 e. The van der Waals surface area contributed by atoms with Crippen LogP contribution in [-0.2, 0) is 9.59 Å². The first-order valence-electron chi connectivity index (χ1n) is 6.17. The third-order valence-corrected chi connectivity index (χ3v) is 3.29. The number of carbonyl (C=O) groups is 2. The van der Waals surface area contributed by atoms with Crippen LogP contribution in [0.1, 0.15) is 40.0 Å². The Bertz CT molecular complexity index is 257. The number of primary amides is 1. The molecule has 17 heavy (non-hydrogen) atoms. The molecular weight excluding hydrogens is 235 g/mol. The second-order valence-electron chi connectivity index (χ2n) is 4.97. The summed E-state index contributed by atoms with van der Waals surface area (Å²) in [6, 6.07) is 0. The summed E-state index contributed by atoms with van der Waals surface area (Å²) in [6.07, 6.45) is 2.37. The summed E-state index contributed by atoms with van der Waals surface area (Å²) in [5.74, 6) is 0.368. The van der Waals surface area contributed by atoms with Crippen molar-refractivity contribution in [2.45, 2.75) is 45.7 Å². The van der Waals surface area contributed by atoms with Crippen LogP contribution in [0, 0.1) is 11.8 Å². The van der Waals surface area contributed by atoms with Crippen LogP contribution < -0.4 is 11.1 Å². The van der Waals surface area contributed by atoms with Crippen molar-refractivity contribution >= 4 is 21.1 Å². The second-order valence-corrected chi connectivity index (χ2v) is 5.78. The predicted octanol–water partition coefficient (Wildman–Crippen LogP) is 1.29. The zero-order chi connectivity index (χ0) is 13.4. The summed E-state index contributed by atoms with van der Waals surface area (Å²) in [4.78, 5) is 22.4. The van der Waals surface area contributed by atoms with E-state index < -0.39 is 0 Å². The van der Waals surface area contributed by atoms with Gasteiger partial charge in [0.2, 0.25) is 11.8 Å². The largest absolute Gasteiger partial charge is 0.369 e. The highest BCUT2D eigenvalue weighted by molar-refractivity contribution is 7.19. The van der Waals surface area contributed by atoms with Crippen molar-refractivity contribution in [3.05, 3.63) is 0 Å². The molecule has 3 N–H and O–H groups in total. The quantitative estimate of drug-likeness (QED) is 0.510. The molecule has 0 radical (unpaired) electrons. The molecule has 0 bridgehead atoms. The van der Waals surface area contributed by atoms with Crippen LogP contribution in [0.25, 0.3) is 0 Å². The van der Waals surface area contributed by atoms with E-state index in [1.807, 2.05) is 6.92 Å². The van der Waals surface area contributed by atoms with Gasteiger partial charge in [-0.05, 0) is 25.2 Å². The molecule has 0 aliphatic carbocycles. The number of amides is 2. The normalized spacial score (nSPS) is 14.4. The van der Waals surface area contributed by atoms with Gasteiger partial charge in [0.05, 0.1) is 5.66 Å². The van der Waals surface area contributed by atoms with Gasteiger partial charge in [-0.25, -0.2) is 0 Å². The highest BCUT2D eigenvalue weighted by atomic mass is 31.0. The van der Waals surface area contributed by atoms with E-state index in [1.165, 1.54) is 0 Å². The topological polar surface area (TPSA) is 72.2 Å². The fourth-order valence-electron chi connectivity index (χ4n) is 1.66. The lowest BCUT2D eigenvalue weighted by molar-refractivity contribution is -0.124. The van der Waals surface area contributed by atoms with Crippen molar-refractivity contribution in [2.24, 2.45) is 17.6 Å². The molecule has 0 saturated carbocycles. The van der Waals surface area contributed by atoms with Gasteiger partial charge in [-0.1, -0.05) is 20.8 Å². The van der Waals surface area contributed by atoms with Gasteiger partial charge in [-0.15, -0.1) is 9.24 Å². The lowest BCUT2D eigenvalue weighted by atomic mass is 9.98. The van der Waals surface area contributed by atoms with Gasteiger partial charge in [-0.2, -0.15) is 0 Å². The summed E-state index contributed by atoms with van der Waals surface area (Å²) in [6.45, 7) is 6.77. The fraction of sp³-hybridized carbons (Fsp3) is 0.833. The number of hydrogen-bond donors (Lipinski definition) is 2. The lowest BCUT2D eigenvalue weighted by Gasteiger charge is -2.14. The van der Waals surface area contributed by atoms with Crippen LogP contribution >= 0.6 is 9.24 Å². The van der Waals surface area contributed by atoms with Gasteiger partial charge in [0, 0.05) is 12.5 Å². The van der Waals surface area contributed by atoms with Crippen molar-refractivity contribution in [1.29, 1.82) is 0 Å². The van der Waals surface area contributed by atoms with E-state index in [4.69, 9.17) is 5.73 Å². The number of nitrogens with one attached hydrogen (secondary N) is 1. The van der Waals surface area contributed by atoms with Gasteiger partial charge >= 0.3 is 0 Å². The van der Waals surface area contributed by atoms with Crippen molar-refractivity contribution in [3.8, 4) is 0 Å². The molecule has 4 nitrogen and oxygen atoms in total. The molecule has 5 heteroatoms. The molecule has 0 aliphatic rings. The summed E-state index contributed by atoms with van der Waals surface area (Å²) in [5.41, 5.74) is 4.94. The Hall–Kier alpha value is -0.630. The van der Waals surface area contributed by atoms with Gasteiger partial charge in [0.25, 0.3) is 0 Å². The molecule has 0 fully saturated rings. The fourth-order valence-corrected chi connectivity index (χ4v) is 1.90. The summed E-state index contributed by atoms with van der Waals surface area (Å²) in [5, 5.41) is 2.88. The van der Waals surface area contributed by atoms with Gasteiger partial charge < -0.3 is 11.1 Å². The van der Waals surface area contributed by atoms with Gasteiger partial charge in [0.15, 0.2) is 0 Å². The van der Waals surface area contributed by atoms with E-state index in [9.17, 15) is 9.59 Å². The third-order valence-electron chi connectivity index (χ3n) is 2.63. The Labute approximate surface area is 106 Å². The molecule has 0 saturated heterocycles. The molecule has 0 aromatic heterocycles. The van der Waals surface area contributed by atoms with Crippen LogP contribution in [0.5, 0.6) is 0 Å². The maximum Gasteiger partial charge on any atom is 0.224 e. The number of rotatable bonds is 8. The Morgan fingerprint density at radius 3 is 2.35 bits per heavy atom. The van der Waals surface area contributed by atoms with E-state index in [0.29, 0.717) is 18.9 Å². The van der Waals surface area contributed by atoms with Gasteiger partial charge in [-0.3, -0.25) is 9.59 Å². The highest BCUT2D eigenvalue weighted by Gasteiger charge is 2.14. The Morgan fingerprint density at radius 1 is 1.29 bits per heavy atom. The molecule has 0 rings (SSSR count). The molecule has 0 aromatic carbocycles. The van der Waals surface area contributed by atoms with E-state index >= 15 is 0 Å². The van der Waals surface area contributed by atoms with Crippen molar-refractivity contribution in [2.75, 3.05) is 6.54 Å². The Kier molecular flexibility index (Phi) is 8.15.